The maximum Gasteiger partial charge on any atom is 0.134 e. The second-order valence-electron chi connectivity index (χ2n) is 8.00. The maximum absolute atomic E-state index is 8.88. The van der Waals surface area contributed by atoms with Crippen LogP contribution in [0.2, 0.25) is 0 Å². The number of nitrogens with one attached hydrogen (secondary N) is 3. The van der Waals surface area contributed by atoms with E-state index in [1.807, 2.05) is 39.0 Å². The zero-order valence-electron chi connectivity index (χ0n) is 19.4. The van der Waals surface area contributed by atoms with Crippen LogP contribution in [0.4, 0.5) is 11.5 Å². The first kappa shape index (κ1) is 23.5. The van der Waals surface area contributed by atoms with Crippen LogP contribution in [0.3, 0.4) is 0 Å². The van der Waals surface area contributed by atoms with Gasteiger partial charge >= 0.3 is 0 Å². The van der Waals surface area contributed by atoms with Gasteiger partial charge in [-0.05, 0) is 49.4 Å². The van der Waals surface area contributed by atoms with Crippen molar-refractivity contribution in [3.63, 3.8) is 0 Å². The molecule has 4 rings (SSSR count). The van der Waals surface area contributed by atoms with E-state index in [4.69, 9.17) is 11.1 Å². The molecule has 5 heteroatoms. The van der Waals surface area contributed by atoms with E-state index in [1.54, 1.807) is 6.20 Å². The summed E-state index contributed by atoms with van der Waals surface area (Å²) >= 11 is 0. The Bertz CT molecular complexity index is 1010. The molecular formula is C27H35N5. The topological polar surface area (TPSA) is 86.8 Å². The lowest BCUT2D eigenvalue weighted by molar-refractivity contribution is 0.479. The smallest absolute Gasteiger partial charge is 0.134 e. The van der Waals surface area contributed by atoms with Gasteiger partial charge in [-0.2, -0.15) is 0 Å². The summed E-state index contributed by atoms with van der Waals surface area (Å²) < 4.78 is 0. The van der Waals surface area contributed by atoms with Crippen molar-refractivity contribution in [1.29, 1.82) is 5.41 Å². The van der Waals surface area contributed by atoms with E-state index >= 15 is 0 Å². The van der Waals surface area contributed by atoms with Gasteiger partial charge in [-0.15, -0.1) is 0 Å². The molecule has 5 nitrogen and oxygen atoms in total. The van der Waals surface area contributed by atoms with Crippen LogP contribution in [0.15, 0.2) is 60.8 Å². The van der Waals surface area contributed by atoms with Crippen molar-refractivity contribution >= 4 is 17.2 Å². The van der Waals surface area contributed by atoms with E-state index in [0.717, 1.165) is 49.2 Å². The predicted octanol–water partition coefficient (Wildman–Crippen LogP) is 5.17. The molecule has 1 aliphatic heterocycles. The van der Waals surface area contributed by atoms with E-state index < -0.39 is 0 Å². The largest absolute Gasteiger partial charge is 0.383 e. The summed E-state index contributed by atoms with van der Waals surface area (Å²) in [4.78, 5) is 4.33. The van der Waals surface area contributed by atoms with Crippen LogP contribution < -0.4 is 16.4 Å². The predicted molar refractivity (Wildman–Crippen MR) is 136 cm³/mol. The third kappa shape index (κ3) is 5.74. The van der Waals surface area contributed by atoms with Gasteiger partial charge in [0.1, 0.15) is 5.82 Å². The minimum Gasteiger partial charge on any atom is -0.383 e. The number of anilines is 2. The summed E-state index contributed by atoms with van der Waals surface area (Å²) in [6, 6.07) is 18.9. The van der Waals surface area contributed by atoms with Gasteiger partial charge in [0, 0.05) is 24.3 Å². The fourth-order valence-corrected chi connectivity index (χ4v) is 4.00. The first-order valence-corrected chi connectivity index (χ1v) is 11.6. The number of piperidine rings is 1. The molecular weight excluding hydrogens is 394 g/mol. The first-order chi connectivity index (χ1) is 15.6. The molecule has 1 atom stereocenters. The molecule has 1 fully saturated rings. The third-order valence-corrected chi connectivity index (χ3v) is 5.69. The molecule has 0 spiro atoms. The molecule has 1 aliphatic rings. The normalized spacial score (nSPS) is 15.4. The second kappa shape index (κ2) is 11.4. The Morgan fingerprint density at radius 2 is 1.78 bits per heavy atom. The number of nitrogens with two attached hydrogens (primary N) is 1. The van der Waals surface area contributed by atoms with Gasteiger partial charge in [0.25, 0.3) is 0 Å². The highest BCUT2D eigenvalue weighted by molar-refractivity contribution is 6.17. The van der Waals surface area contributed by atoms with Crippen molar-refractivity contribution in [3.05, 3.63) is 88.6 Å². The van der Waals surface area contributed by atoms with Crippen LogP contribution in [0.5, 0.6) is 0 Å². The van der Waals surface area contributed by atoms with Gasteiger partial charge in [0.05, 0.1) is 17.0 Å². The van der Waals surface area contributed by atoms with Gasteiger partial charge < -0.3 is 16.4 Å². The number of nitrogen functional groups attached to an aromatic ring is 1. The Kier molecular flexibility index (Phi) is 8.40. The summed E-state index contributed by atoms with van der Waals surface area (Å²) in [5.41, 5.74) is 12.6. The molecule has 0 aliphatic carbocycles. The number of nitrogens with zero attached hydrogens (tertiary/aromatic N) is 1. The molecule has 2 aromatic carbocycles. The van der Waals surface area contributed by atoms with E-state index in [9.17, 15) is 0 Å². The molecule has 32 heavy (non-hydrogen) atoms. The number of aryl methyl sites for hydroxylation is 1. The zero-order valence-corrected chi connectivity index (χ0v) is 19.4. The van der Waals surface area contributed by atoms with E-state index in [1.165, 1.54) is 11.1 Å². The molecule has 168 valence electrons. The number of hydrogen-bond donors (Lipinski definition) is 4. The van der Waals surface area contributed by atoms with Crippen LogP contribution in [0, 0.1) is 12.3 Å². The quantitative estimate of drug-likeness (QED) is 0.407. The van der Waals surface area contributed by atoms with Crippen molar-refractivity contribution in [2.75, 3.05) is 24.1 Å². The summed E-state index contributed by atoms with van der Waals surface area (Å²) in [5.74, 6) is 0.394. The molecule has 3 aromatic rings. The molecule has 0 saturated carbocycles. The molecule has 0 bridgehead atoms. The summed E-state index contributed by atoms with van der Waals surface area (Å²) in [5, 5.41) is 15.9. The van der Waals surface area contributed by atoms with E-state index in [0.29, 0.717) is 23.1 Å². The van der Waals surface area contributed by atoms with Gasteiger partial charge in [-0.3, -0.25) is 5.41 Å². The maximum atomic E-state index is 8.88. The Labute approximate surface area is 192 Å². The van der Waals surface area contributed by atoms with Crippen molar-refractivity contribution in [2.45, 2.75) is 46.1 Å². The molecule has 0 amide bonds. The minimum atomic E-state index is 0.332. The van der Waals surface area contributed by atoms with Crippen molar-refractivity contribution < 1.29 is 0 Å². The zero-order chi connectivity index (χ0) is 22.9. The molecule has 5 N–H and O–H groups in total. The van der Waals surface area contributed by atoms with Crippen molar-refractivity contribution in [2.24, 2.45) is 0 Å². The Morgan fingerprint density at radius 1 is 1.09 bits per heavy atom. The number of hydrogen-bond acceptors (Lipinski definition) is 5. The highest BCUT2D eigenvalue weighted by Gasteiger charge is 2.21. The lowest BCUT2D eigenvalue weighted by atomic mass is 9.96. The van der Waals surface area contributed by atoms with Crippen LogP contribution in [0.25, 0.3) is 0 Å². The molecule has 1 aromatic heterocycles. The highest BCUT2D eigenvalue weighted by Crippen LogP contribution is 2.29. The summed E-state index contributed by atoms with van der Waals surface area (Å²) in [6.07, 6.45) is 4.92. The van der Waals surface area contributed by atoms with Gasteiger partial charge in [-0.1, -0.05) is 68.4 Å². The SMILES string of the molecule is CC.Cc1cnc(N)c(C(=N)c2ccc(Cc3ccccc3)cc2)c1NC1CCCNC1. The molecule has 2 heterocycles. The van der Waals surface area contributed by atoms with Crippen LogP contribution in [0.1, 0.15) is 54.5 Å². The minimum absolute atomic E-state index is 0.332. The Balaban J connectivity index is 0.00000141. The van der Waals surface area contributed by atoms with E-state index in [2.05, 4.69) is 52.0 Å². The monoisotopic (exact) mass is 429 g/mol. The molecule has 1 saturated heterocycles. The highest BCUT2D eigenvalue weighted by atomic mass is 15.0. The van der Waals surface area contributed by atoms with Crippen LogP contribution in [-0.4, -0.2) is 29.8 Å². The van der Waals surface area contributed by atoms with E-state index in [-0.39, 0.29) is 0 Å². The third-order valence-electron chi connectivity index (χ3n) is 5.69. The van der Waals surface area contributed by atoms with Crippen LogP contribution >= 0.6 is 0 Å². The first-order valence-electron chi connectivity index (χ1n) is 11.6. The fourth-order valence-electron chi connectivity index (χ4n) is 4.00. The number of pyridine rings is 1. The average Bonchev–Trinajstić information content (AvgIpc) is 2.84. The van der Waals surface area contributed by atoms with Crippen molar-refractivity contribution in [1.82, 2.24) is 10.3 Å². The second-order valence-corrected chi connectivity index (χ2v) is 8.00. The van der Waals surface area contributed by atoms with Gasteiger partial charge in [-0.25, -0.2) is 4.98 Å². The number of aromatic nitrogens is 1. The fraction of sp³-hybridized carbons (Fsp3) is 0.333. The Morgan fingerprint density at radius 3 is 2.44 bits per heavy atom. The summed E-state index contributed by atoms with van der Waals surface area (Å²) in [6.45, 7) is 8.00. The number of benzene rings is 2. The van der Waals surface area contributed by atoms with Crippen LogP contribution in [-0.2, 0) is 6.42 Å². The van der Waals surface area contributed by atoms with Crippen molar-refractivity contribution in [3.8, 4) is 0 Å². The lowest BCUT2D eigenvalue weighted by Gasteiger charge is -2.27. The average molecular weight is 430 g/mol. The lowest BCUT2D eigenvalue weighted by Crippen LogP contribution is -2.39. The number of rotatable bonds is 6. The van der Waals surface area contributed by atoms with Gasteiger partial charge in [0.15, 0.2) is 0 Å². The van der Waals surface area contributed by atoms with Gasteiger partial charge in [0.2, 0.25) is 0 Å². The molecule has 1 unspecified atom stereocenters. The Hall–Kier alpha value is -3.18. The standard InChI is InChI=1S/C25H29N5.C2H6/c1-17-15-29-25(27)22(24(17)30-21-8-5-13-28-16-21)23(26)20-11-9-19(10-12-20)14-18-6-3-2-4-7-18;1-2/h2-4,6-7,9-12,15,21,26,28H,5,8,13-14,16H2,1H3,(H3,27,29,30);1-2H3. The molecule has 0 radical (unpaired) electrons. The summed E-state index contributed by atoms with van der Waals surface area (Å²) in [7, 11) is 0.